The molecule has 0 aromatic heterocycles. The van der Waals surface area contributed by atoms with Gasteiger partial charge in [-0.2, -0.15) is 0 Å². The third-order valence-electron chi connectivity index (χ3n) is 3.12. The van der Waals surface area contributed by atoms with Crippen LogP contribution in [0.5, 0.6) is 0 Å². The van der Waals surface area contributed by atoms with Gasteiger partial charge in [0.2, 0.25) is 0 Å². The highest BCUT2D eigenvalue weighted by Crippen LogP contribution is 2.02. The fraction of sp³-hybridized carbons (Fsp3) is 0.467. The number of aliphatic imine (C=N–C) groups is 1. The standard InChI is InChI=1S/C15H23FN4O.BrH/c1-3-13(4-2)20-15(17)19-10-9-18-14(21)11-5-7-12(16)8-6-11;/h5-8,13H,3-4,9-10H2,1-2H3,(H,18,21)(H3,17,19,20);1H. The lowest BCUT2D eigenvalue weighted by Crippen LogP contribution is -2.40. The van der Waals surface area contributed by atoms with Gasteiger partial charge in [-0.1, -0.05) is 13.8 Å². The van der Waals surface area contributed by atoms with Crippen LogP contribution in [0.3, 0.4) is 0 Å². The Kier molecular flexibility index (Phi) is 10.2. The second-order valence-corrected chi connectivity index (χ2v) is 4.69. The maximum absolute atomic E-state index is 12.7. The van der Waals surface area contributed by atoms with Gasteiger partial charge in [-0.25, -0.2) is 4.39 Å². The first-order chi connectivity index (χ1) is 10.1. The van der Waals surface area contributed by atoms with Crippen LogP contribution in [0.25, 0.3) is 0 Å². The van der Waals surface area contributed by atoms with Crippen molar-refractivity contribution >= 4 is 28.8 Å². The molecule has 4 N–H and O–H groups in total. The van der Waals surface area contributed by atoms with Gasteiger partial charge < -0.3 is 16.4 Å². The van der Waals surface area contributed by atoms with Gasteiger partial charge in [0.15, 0.2) is 5.96 Å². The Morgan fingerprint density at radius 3 is 2.41 bits per heavy atom. The summed E-state index contributed by atoms with van der Waals surface area (Å²) in [6.45, 7) is 4.93. The SMILES string of the molecule is Br.CCC(CC)NC(N)=NCCNC(=O)c1ccc(F)cc1. The lowest BCUT2D eigenvalue weighted by Gasteiger charge is -2.15. The third kappa shape index (κ3) is 7.40. The van der Waals surface area contributed by atoms with Crippen molar-refractivity contribution < 1.29 is 9.18 Å². The van der Waals surface area contributed by atoms with Crippen molar-refractivity contribution in [2.24, 2.45) is 10.7 Å². The van der Waals surface area contributed by atoms with Crippen molar-refractivity contribution in [1.29, 1.82) is 0 Å². The summed E-state index contributed by atoms with van der Waals surface area (Å²) in [6, 6.07) is 5.71. The molecule has 1 aromatic carbocycles. The summed E-state index contributed by atoms with van der Waals surface area (Å²) in [6.07, 6.45) is 1.96. The van der Waals surface area contributed by atoms with Crippen molar-refractivity contribution in [2.75, 3.05) is 13.1 Å². The number of amides is 1. The smallest absolute Gasteiger partial charge is 0.251 e. The first-order valence-corrected chi connectivity index (χ1v) is 7.17. The highest BCUT2D eigenvalue weighted by Gasteiger charge is 2.05. The molecular weight excluding hydrogens is 351 g/mol. The molecule has 0 unspecified atom stereocenters. The van der Waals surface area contributed by atoms with Crippen LogP contribution in [0.1, 0.15) is 37.0 Å². The molecule has 22 heavy (non-hydrogen) atoms. The van der Waals surface area contributed by atoms with Crippen molar-refractivity contribution in [3.8, 4) is 0 Å². The molecule has 1 rings (SSSR count). The predicted octanol–water partition coefficient (Wildman–Crippen LogP) is 2.23. The summed E-state index contributed by atoms with van der Waals surface area (Å²) in [5, 5.41) is 5.82. The zero-order chi connectivity index (χ0) is 15.7. The zero-order valence-corrected chi connectivity index (χ0v) is 14.6. The molecule has 0 aliphatic rings. The molecule has 0 bridgehead atoms. The molecule has 0 radical (unpaired) electrons. The molecule has 1 aromatic rings. The quantitative estimate of drug-likeness (QED) is 0.389. The number of carbonyl (C=O) groups is 1. The maximum atomic E-state index is 12.7. The van der Waals surface area contributed by atoms with Crippen molar-refractivity contribution in [3.63, 3.8) is 0 Å². The molecule has 0 atom stereocenters. The lowest BCUT2D eigenvalue weighted by atomic mass is 10.2. The van der Waals surface area contributed by atoms with E-state index in [1.54, 1.807) is 0 Å². The monoisotopic (exact) mass is 374 g/mol. The number of nitrogens with one attached hydrogen (secondary N) is 2. The van der Waals surface area contributed by atoms with Gasteiger partial charge in [-0.3, -0.25) is 9.79 Å². The molecule has 0 fully saturated rings. The highest BCUT2D eigenvalue weighted by atomic mass is 79.9. The van der Waals surface area contributed by atoms with E-state index >= 15 is 0 Å². The molecule has 0 saturated heterocycles. The molecule has 0 heterocycles. The van der Waals surface area contributed by atoms with Crippen LogP contribution in [0.15, 0.2) is 29.3 Å². The summed E-state index contributed by atoms with van der Waals surface area (Å²) in [4.78, 5) is 15.9. The van der Waals surface area contributed by atoms with E-state index in [1.807, 2.05) is 0 Å². The third-order valence-corrected chi connectivity index (χ3v) is 3.12. The summed E-state index contributed by atoms with van der Waals surface area (Å²) in [5.74, 6) is -0.229. The molecule has 0 spiro atoms. The van der Waals surface area contributed by atoms with Crippen LogP contribution in [0.2, 0.25) is 0 Å². The fourth-order valence-electron chi connectivity index (χ4n) is 1.80. The Morgan fingerprint density at radius 1 is 1.27 bits per heavy atom. The van der Waals surface area contributed by atoms with Crippen LogP contribution in [-0.2, 0) is 0 Å². The van der Waals surface area contributed by atoms with Crippen LogP contribution in [0, 0.1) is 5.82 Å². The minimum absolute atomic E-state index is 0. The first kappa shape index (κ1) is 20.4. The number of hydrogen-bond acceptors (Lipinski definition) is 2. The maximum Gasteiger partial charge on any atom is 0.251 e. The van der Waals surface area contributed by atoms with Crippen LogP contribution >= 0.6 is 17.0 Å². The number of hydrogen-bond donors (Lipinski definition) is 3. The first-order valence-electron chi connectivity index (χ1n) is 7.17. The van der Waals surface area contributed by atoms with Crippen molar-refractivity contribution in [2.45, 2.75) is 32.7 Å². The van der Waals surface area contributed by atoms with Crippen LogP contribution in [0.4, 0.5) is 4.39 Å². The van der Waals surface area contributed by atoms with E-state index in [2.05, 4.69) is 29.5 Å². The minimum Gasteiger partial charge on any atom is -0.370 e. The van der Waals surface area contributed by atoms with Crippen LogP contribution in [-0.4, -0.2) is 31.0 Å². The summed E-state index contributed by atoms with van der Waals surface area (Å²) >= 11 is 0. The molecule has 1 amide bonds. The second kappa shape index (κ2) is 11.0. The molecule has 0 saturated carbocycles. The Morgan fingerprint density at radius 2 is 1.86 bits per heavy atom. The van der Waals surface area contributed by atoms with E-state index < -0.39 is 0 Å². The van der Waals surface area contributed by atoms with E-state index in [9.17, 15) is 9.18 Å². The highest BCUT2D eigenvalue weighted by molar-refractivity contribution is 8.93. The van der Waals surface area contributed by atoms with E-state index in [4.69, 9.17) is 5.73 Å². The van der Waals surface area contributed by atoms with E-state index in [0.29, 0.717) is 30.7 Å². The number of halogens is 2. The zero-order valence-electron chi connectivity index (χ0n) is 12.9. The molecule has 0 aliphatic carbocycles. The summed E-state index contributed by atoms with van der Waals surface area (Å²) in [7, 11) is 0. The van der Waals surface area contributed by atoms with Crippen molar-refractivity contribution in [3.05, 3.63) is 35.6 Å². The normalized spacial score (nSPS) is 11.0. The summed E-state index contributed by atoms with van der Waals surface area (Å²) < 4.78 is 12.7. The lowest BCUT2D eigenvalue weighted by molar-refractivity contribution is 0.0955. The molecule has 7 heteroatoms. The topological polar surface area (TPSA) is 79.5 Å². The van der Waals surface area contributed by atoms with Crippen LogP contribution < -0.4 is 16.4 Å². The van der Waals surface area contributed by atoms with Crippen molar-refractivity contribution in [1.82, 2.24) is 10.6 Å². The van der Waals surface area contributed by atoms with Gasteiger partial charge in [0, 0.05) is 18.2 Å². The van der Waals surface area contributed by atoms with Gasteiger partial charge in [0.25, 0.3) is 5.91 Å². The summed E-state index contributed by atoms with van der Waals surface area (Å²) in [5.41, 5.74) is 6.17. The van der Waals surface area contributed by atoms with Gasteiger partial charge in [-0.05, 0) is 37.1 Å². The average molecular weight is 375 g/mol. The van der Waals surface area contributed by atoms with E-state index in [0.717, 1.165) is 12.8 Å². The Labute approximate surface area is 141 Å². The largest absolute Gasteiger partial charge is 0.370 e. The molecule has 5 nitrogen and oxygen atoms in total. The minimum atomic E-state index is -0.364. The fourth-order valence-corrected chi connectivity index (χ4v) is 1.80. The number of nitrogens with zero attached hydrogens (tertiary/aromatic N) is 1. The number of nitrogens with two attached hydrogens (primary N) is 1. The predicted molar refractivity (Wildman–Crippen MR) is 93.1 cm³/mol. The van der Waals surface area contributed by atoms with Gasteiger partial charge in [-0.15, -0.1) is 17.0 Å². The Balaban J connectivity index is 0.00000441. The molecular formula is C15H24BrFN4O. The van der Waals surface area contributed by atoms with Gasteiger partial charge >= 0.3 is 0 Å². The average Bonchev–Trinajstić information content (AvgIpc) is 2.49. The Bertz CT molecular complexity index is 475. The number of benzene rings is 1. The second-order valence-electron chi connectivity index (χ2n) is 4.69. The number of guanidine groups is 1. The Hall–Kier alpha value is -1.63. The van der Waals surface area contributed by atoms with Gasteiger partial charge in [0.1, 0.15) is 5.82 Å². The molecule has 0 aliphatic heterocycles. The van der Waals surface area contributed by atoms with Gasteiger partial charge in [0.05, 0.1) is 6.54 Å². The van der Waals surface area contributed by atoms with E-state index in [1.165, 1.54) is 24.3 Å². The van der Waals surface area contributed by atoms with E-state index in [-0.39, 0.29) is 28.7 Å². The number of carbonyl (C=O) groups excluding carboxylic acids is 1. The number of rotatable bonds is 7. The molecule has 124 valence electrons.